The predicted octanol–water partition coefficient (Wildman–Crippen LogP) is 3.21. The van der Waals surface area contributed by atoms with Crippen molar-refractivity contribution in [1.29, 1.82) is 0 Å². The minimum absolute atomic E-state index is 0.406. The zero-order chi connectivity index (χ0) is 14.9. The summed E-state index contributed by atoms with van der Waals surface area (Å²) < 4.78 is 11.4. The normalized spacial score (nSPS) is 11.4. The van der Waals surface area contributed by atoms with Gasteiger partial charge in [0.25, 0.3) is 0 Å². The number of fused-ring (bicyclic) bond motifs is 1. The van der Waals surface area contributed by atoms with E-state index in [2.05, 4.69) is 4.74 Å². The highest BCUT2D eigenvalue weighted by atomic mass is 16.6. The molecule has 0 saturated carbocycles. The summed E-state index contributed by atoms with van der Waals surface area (Å²) in [6.07, 6.45) is 1.18. The predicted molar refractivity (Wildman–Crippen MR) is 74.9 cm³/mol. The van der Waals surface area contributed by atoms with E-state index in [0.29, 0.717) is 11.1 Å². The van der Waals surface area contributed by atoms with Crippen LogP contribution in [0.25, 0.3) is 10.9 Å². The highest BCUT2D eigenvalue weighted by Gasteiger charge is 2.19. The van der Waals surface area contributed by atoms with Gasteiger partial charge in [-0.05, 0) is 45.0 Å². The van der Waals surface area contributed by atoms with E-state index in [4.69, 9.17) is 4.74 Å². The Morgan fingerprint density at radius 1 is 1.15 bits per heavy atom. The fraction of sp³-hybridized carbons (Fsp3) is 0.333. The fourth-order valence-electron chi connectivity index (χ4n) is 1.86. The third kappa shape index (κ3) is 2.82. The molecule has 5 nitrogen and oxygen atoms in total. The summed E-state index contributed by atoms with van der Waals surface area (Å²) in [5.41, 5.74) is 0.577. The number of benzene rings is 1. The molecule has 0 amide bonds. The van der Waals surface area contributed by atoms with E-state index >= 15 is 0 Å². The number of carbonyl (C=O) groups excluding carboxylic acids is 2. The van der Waals surface area contributed by atoms with Gasteiger partial charge in [-0.3, -0.25) is 4.57 Å². The van der Waals surface area contributed by atoms with Gasteiger partial charge in [-0.25, -0.2) is 9.59 Å². The van der Waals surface area contributed by atoms with Crippen LogP contribution in [0.15, 0.2) is 30.5 Å². The van der Waals surface area contributed by atoms with Crippen molar-refractivity contribution in [3.63, 3.8) is 0 Å². The van der Waals surface area contributed by atoms with Crippen LogP contribution in [0.5, 0.6) is 0 Å². The van der Waals surface area contributed by atoms with Crippen molar-refractivity contribution in [1.82, 2.24) is 4.57 Å². The summed E-state index contributed by atoms with van der Waals surface area (Å²) in [5, 5.41) is 0.777. The topological polar surface area (TPSA) is 57.5 Å². The number of hydrogen-bond donors (Lipinski definition) is 0. The molecular formula is C15H17NO4. The molecule has 0 N–H and O–H groups in total. The van der Waals surface area contributed by atoms with E-state index in [1.54, 1.807) is 30.5 Å². The molecule has 1 heterocycles. The van der Waals surface area contributed by atoms with Crippen LogP contribution in [0.3, 0.4) is 0 Å². The molecule has 2 rings (SSSR count). The molecule has 0 bridgehead atoms. The highest BCUT2D eigenvalue weighted by molar-refractivity contribution is 5.97. The van der Waals surface area contributed by atoms with Crippen molar-refractivity contribution in [2.24, 2.45) is 0 Å². The maximum Gasteiger partial charge on any atom is 0.418 e. The van der Waals surface area contributed by atoms with Crippen LogP contribution in [0.4, 0.5) is 4.79 Å². The van der Waals surface area contributed by atoms with Gasteiger partial charge < -0.3 is 9.47 Å². The number of ether oxygens (including phenoxy) is 2. The Kier molecular flexibility index (Phi) is 3.53. The van der Waals surface area contributed by atoms with Gasteiger partial charge in [-0.15, -0.1) is 0 Å². The molecule has 0 aliphatic carbocycles. The third-order valence-electron chi connectivity index (χ3n) is 2.70. The van der Waals surface area contributed by atoms with E-state index in [1.165, 1.54) is 11.7 Å². The number of hydrogen-bond acceptors (Lipinski definition) is 4. The van der Waals surface area contributed by atoms with Crippen molar-refractivity contribution >= 4 is 23.0 Å². The van der Waals surface area contributed by atoms with Crippen molar-refractivity contribution in [2.75, 3.05) is 7.11 Å². The standard InChI is InChI=1S/C15H17NO4/c1-15(2,3)20-14(18)16-8-7-10-9-11(13(17)19-4)5-6-12(10)16/h5-9H,1-4H3. The SMILES string of the molecule is COC(=O)c1ccc2c(ccn2C(=O)OC(C)(C)C)c1. The molecule has 0 unspecified atom stereocenters. The summed E-state index contributed by atoms with van der Waals surface area (Å²) in [7, 11) is 1.33. The van der Waals surface area contributed by atoms with Gasteiger partial charge in [0.15, 0.2) is 0 Å². The van der Waals surface area contributed by atoms with Gasteiger partial charge >= 0.3 is 12.1 Å². The molecule has 0 radical (unpaired) electrons. The molecule has 20 heavy (non-hydrogen) atoms. The van der Waals surface area contributed by atoms with Gasteiger partial charge in [-0.2, -0.15) is 0 Å². The second kappa shape index (κ2) is 5.00. The summed E-state index contributed by atoms with van der Waals surface area (Å²) in [6, 6.07) is 6.76. The van der Waals surface area contributed by atoms with Gasteiger partial charge in [0.1, 0.15) is 5.60 Å². The Hall–Kier alpha value is -2.30. The van der Waals surface area contributed by atoms with E-state index in [-0.39, 0.29) is 0 Å². The molecule has 0 aliphatic heterocycles. The van der Waals surface area contributed by atoms with Crippen LogP contribution in [0.2, 0.25) is 0 Å². The smallest absolute Gasteiger partial charge is 0.418 e. The summed E-state index contributed by atoms with van der Waals surface area (Å²) in [6.45, 7) is 5.43. The molecule has 0 atom stereocenters. The first-order valence-corrected chi connectivity index (χ1v) is 6.24. The summed E-state index contributed by atoms with van der Waals surface area (Å²) in [5.74, 6) is -0.406. The third-order valence-corrected chi connectivity index (χ3v) is 2.70. The fourth-order valence-corrected chi connectivity index (χ4v) is 1.86. The molecule has 0 fully saturated rings. The maximum absolute atomic E-state index is 12.1. The van der Waals surface area contributed by atoms with E-state index in [9.17, 15) is 9.59 Å². The Balaban J connectivity index is 2.38. The Morgan fingerprint density at radius 2 is 1.85 bits per heavy atom. The average Bonchev–Trinajstić information content (AvgIpc) is 2.78. The first-order valence-electron chi connectivity index (χ1n) is 6.24. The Bertz CT molecular complexity index is 664. The van der Waals surface area contributed by atoms with Crippen LogP contribution in [0.1, 0.15) is 31.1 Å². The lowest BCUT2D eigenvalue weighted by atomic mass is 10.1. The first kappa shape index (κ1) is 14.1. The monoisotopic (exact) mass is 275 g/mol. The first-order chi connectivity index (χ1) is 9.31. The molecule has 5 heteroatoms. The van der Waals surface area contributed by atoms with Crippen molar-refractivity contribution < 1.29 is 19.1 Å². The number of esters is 1. The molecule has 1 aromatic carbocycles. The van der Waals surface area contributed by atoms with Crippen LogP contribution in [-0.2, 0) is 9.47 Å². The lowest BCUT2D eigenvalue weighted by Gasteiger charge is -2.19. The number of aromatic nitrogens is 1. The minimum Gasteiger partial charge on any atom is -0.465 e. The quantitative estimate of drug-likeness (QED) is 0.750. The van der Waals surface area contributed by atoms with Crippen LogP contribution < -0.4 is 0 Å². The zero-order valence-electron chi connectivity index (χ0n) is 12.0. The number of methoxy groups -OCH3 is 1. The van der Waals surface area contributed by atoms with Crippen LogP contribution in [-0.4, -0.2) is 29.3 Å². The molecule has 0 spiro atoms. The lowest BCUT2D eigenvalue weighted by Crippen LogP contribution is -2.26. The molecular weight excluding hydrogens is 258 g/mol. The molecule has 106 valence electrons. The van der Waals surface area contributed by atoms with Gasteiger partial charge in [0.05, 0.1) is 18.2 Å². The number of rotatable bonds is 1. The molecule has 1 aromatic heterocycles. The van der Waals surface area contributed by atoms with Crippen molar-refractivity contribution in [3.05, 3.63) is 36.0 Å². The van der Waals surface area contributed by atoms with Crippen molar-refractivity contribution in [3.8, 4) is 0 Å². The molecule has 0 saturated heterocycles. The second-order valence-electron chi connectivity index (χ2n) is 5.43. The maximum atomic E-state index is 12.1. The van der Waals surface area contributed by atoms with E-state index in [1.807, 2.05) is 20.8 Å². The highest BCUT2D eigenvalue weighted by Crippen LogP contribution is 2.20. The largest absolute Gasteiger partial charge is 0.465 e. The minimum atomic E-state index is -0.556. The lowest BCUT2D eigenvalue weighted by molar-refractivity contribution is 0.0543. The van der Waals surface area contributed by atoms with Crippen LogP contribution >= 0.6 is 0 Å². The van der Waals surface area contributed by atoms with Crippen molar-refractivity contribution in [2.45, 2.75) is 26.4 Å². The van der Waals surface area contributed by atoms with E-state index in [0.717, 1.165) is 5.39 Å². The Labute approximate surface area is 117 Å². The average molecular weight is 275 g/mol. The zero-order valence-corrected chi connectivity index (χ0v) is 12.0. The van der Waals surface area contributed by atoms with Crippen LogP contribution in [0, 0.1) is 0 Å². The number of carbonyl (C=O) groups is 2. The second-order valence-corrected chi connectivity index (χ2v) is 5.43. The molecule has 0 aliphatic rings. The van der Waals surface area contributed by atoms with Gasteiger partial charge in [0, 0.05) is 11.6 Å². The number of nitrogens with zero attached hydrogens (tertiary/aromatic N) is 1. The Morgan fingerprint density at radius 3 is 2.45 bits per heavy atom. The van der Waals surface area contributed by atoms with Gasteiger partial charge in [0.2, 0.25) is 0 Å². The van der Waals surface area contributed by atoms with Gasteiger partial charge in [-0.1, -0.05) is 0 Å². The van der Waals surface area contributed by atoms with E-state index < -0.39 is 17.7 Å². The summed E-state index contributed by atoms with van der Waals surface area (Å²) >= 11 is 0. The molecule has 2 aromatic rings. The summed E-state index contributed by atoms with van der Waals surface area (Å²) in [4.78, 5) is 23.5.